The van der Waals surface area contributed by atoms with E-state index in [4.69, 9.17) is 5.11 Å². The normalized spacial score (nSPS) is 18.0. The Bertz CT molecular complexity index is 557. The predicted octanol–water partition coefficient (Wildman–Crippen LogP) is 0.907. The number of aliphatic hydroxyl groups excluding tert-OH is 1. The molecule has 0 aromatic heterocycles. The lowest BCUT2D eigenvalue weighted by atomic mass is 10.00. The number of rotatable bonds is 6. The molecule has 0 unspecified atom stereocenters. The summed E-state index contributed by atoms with van der Waals surface area (Å²) in [5.41, 5.74) is 0.499. The fraction of sp³-hybridized carbons (Fsp3) is 0.571. The fourth-order valence-electron chi connectivity index (χ4n) is 2.44. The van der Waals surface area contributed by atoms with Crippen molar-refractivity contribution in [2.45, 2.75) is 19.3 Å². The minimum Gasteiger partial charge on any atom is -0.396 e. The Morgan fingerprint density at radius 3 is 2.57 bits per heavy atom. The van der Waals surface area contributed by atoms with E-state index in [1.807, 2.05) is 0 Å². The minimum atomic E-state index is -3.52. The van der Waals surface area contributed by atoms with E-state index in [0.717, 1.165) is 0 Å². The molecule has 7 heteroatoms. The van der Waals surface area contributed by atoms with Crippen LogP contribution < -0.4 is 4.72 Å². The zero-order valence-corrected chi connectivity index (χ0v) is 12.7. The molecule has 1 fully saturated rings. The van der Waals surface area contributed by atoms with Gasteiger partial charge >= 0.3 is 0 Å². The summed E-state index contributed by atoms with van der Waals surface area (Å²) in [5, 5.41) is 9.05. The largest absolute Gasteiger partial charge is 0.396 e. The third kappa shape index (κ3) is 4.47. The predicted molar refractivity (Wildman–Crippen MR) is 78.4 cm³/mol. The van der Waals surface area contributed by atoms with Crippen molar-refractivity contribution in [3.05, 3.63) is 35.6 Å². The Morgan fingerprint density at radius 1 is 1.29 bits per heavy atom. The maximum atomic E-state index is 13.4. The Balaban J connectivity index is 1.83. The average Bonchev–Trinajstić information content (AvgIpc) is 2.49. The van der Waals surface area contributed by atoms with Crippen molar-refractivity contribution in [1.82, 2.24) is 9.03 Å². The molecular weight excluding hydrogens is 295 g/mol. The van der Waals surface area contributed by atoms with E-state index in [2.05, 4.69) is 4.72 Å². The number of hydrogen-bond donors (Lipinski definition) is 2. The Kier molecular flexibility index (Phi) is 5.69. The molecule has 1 aromatic rings. The van der Waals surface area contributed by atoms with Crippen LogP contribution in [0.1, 0.15) is 18.4 Å². The topological polar surface area (TPSA) is 69.6 Å². The molecule has 1 aromatic carbocycles. The molecule has 1 saturated heterocycles. The lowest BCUT2D eigenvalue weighted by Crippen LogP contribution is -2.45. The molecule has 1 heterocycles. The van der Waals surface area contributed by atoms with Gasteiger partial charge in [-0.05, 0) is 36.8 Å². The van der Waals surface area contributed by atoms with Crippen molar-refractivity contribution < 1.29 is 17.9 Å². The van der Waals surface area contributed by atoms with Gasteiger partial charge in [0, 0.05) is 26.2 Å². The number of halogens is 1. The van der Waals surface area contributed by atoms with Crippen molar-refractivity contribution >= 4 is 10.2 Å². The van der Waals surface area contributed by atoms with Gasteiger partial charge in [-0.15, -0.1) is 0 Å². The second-order valence-electron chi connectivity index (χ2n) is 5.27. The van der Waals surface area contributed by atoms with Crippen molar-refractivity contribution in [3.63, 3.8) is 0 Å². The molecule has 2 N–H and O–H groups in total. The first-order chi connectivity index (χ1) is 10.0. The number of aliphatic hydroxyl groups is 1. The minimum absolute atomic E-state index is 0.106. The summed E-state index contributed by atoms with van der Waals surface area (Å²) < 4.78 is 41.6. The fourth-order valence-corrected chi connectivity index (χ4v) is 3.67. The summed E-state index contributed by atoms with van der Waals surface area (Å²) in [6.45, 7) is 1.11. The van der Waals surface area contributed by atoms with E-state index < -0.39 is 10.2 Å². The van der Waals surface area contributed by atoms with Crippen LogP contribution in [0.5, 0.6) is 0 Å². The van der Waals surface area contributed by atoms with Crippen LogP contribution in [-0.2, 0) is 16.6 Å². The van der Waals surface area contributed by atoms with Crippen LogP contribution in [0, 0.1) is 11.7 Å². The number of nitrogens with one attached hydrogen (secondary N) is 1. The first kappa shape index (κ1) is 16.4. The molecular formula is C14H21FN2O3S. The van der Waals surface area contributed by atoms with Crippen molar-refractivity contribution in [1.29, 1.82) is 0 Å². The molecule has 0 amide bonds. The van der Waals surface area contributed by atoms with E-state index in [1.54, 1.807) is 18.2 Å². The first-order valence-electron chi connectivity index (χ1n) is 7.12. The Hall–Kier alpha value is -1.02. The van der Waals surface area contributed by atoms with Gasteiger partial charge < -0.3 is 5.11 Å². The summed E-state index contributed by atoms with van der Waals surface area (Å²) in [6.07, 6.45) is 1.66. The smallest absolute Gasteiger partial charge is 0.279 e. The van der Waals surface area contributed by atoms with E-state index >= 15 is 0 Å². The molecule has 0 atom stereocenters. The van der Waals surface area contributed by atoms with Crippen LogP contribution in [0.2, 0.25) is 0 Å². The van der Waals surface area contributed by atoms with Gasteiger partial charge in [-0.25, -0.2) is 9.11 Å². The van der Waals surface area contributed by atoms with Gasteiger partial charge in [-0.2, -0.15) is 12.7 Å². The third-order valence-electron chi connectivity index (χ3n) is 3.81. The molecule has 0 bridgehead atoms. The molecule has 5 nitrogen and oxygen atoms in total. The van der Waals surface area contributed by atoms with E-state index in [-0.39, 0.29) is 24.9 Å². The molecule has 0 aliphatic carbocycles. The second kappa shape index (κ2) is 7.31. The average molecular weight is 316 g/mol. The number of benzene rings is 1. The zero-order chi connectivity index (χ0) is 15.3. The molecule has 2 rings (SSSR count). The van der Waals surface area contributed by atoms with Crippen LogP contribution >= 0.6 is 0 Å². The lowest BCUT2D eigenvalue weighted by Gasteiger charge is -2.30. The van der Waals surface area contributed by atoms with Crippen LogP contribution in [0.25, 0.3) is 0 Å². The first-order valence-corrected chi connectivity index (χ1v) is 8.56. The summed E-state index contributed by atoms with van der Waals surface area (Å²) >= 11 is 0. The van der Waals surface area contributed by atoms with Gasteiger partial charge in [-0.1, -0.05) is 18.2 Å². The highest BCUT2D eigenvalue weighted by Gasteiger charge is 2.27. The van der Waals surface area contributed by atoms with Crippen molar-refractivity contribution in [2.24, 2.45) is 5.92 Å². The molecule has 0 saturated carbocycles. The van der Waals surface area contributed by atoms with Crippen LogP contribution in [0.4, 0.5) is 4.39 Å². The number of hydrogen-bond acceptors (Lipinski definition) is 3. The summed E-state index contributed by atoms with van der Waals surface area (Å²) in [4.78, 5) is 0. The van der Waals surface area contributed by atoms with Crippen molar-refractivity contribution in [2.75, 3.05) is 26.2 Å². The van der Waals surface area contributed by atoms with Crippen LogP contribution in [0.15, 0.2) is 24.3 Å². The molecule has 118 valence electrons. The van der Waals surface area contributed by atoms with Gasteiger partial charge in [0.2, 0.25) is 0 Å². The van der Waals surface area contributed by atoms with Gasteiger partial charge in [0.15, 0.2) is 0 Å². The van der Waals surface area contributed by atoms with E-state index in [1.165, 1.54) is 10.4 Å². The third-order valence-corrected chi connectivity index (χ3v) is 5.42. The lowest BCUT2D eigenvalue weighted by molar-refractivity contribution is 0.169. The maximum Gasteiger partial charge on any atom is 0.279 e. The quantitative estimate of drug-likeness (QED) is 0.819. The Morgan fingerprint density at radius 2 is 1.95 bits per heavy atom. The molecule has 21 heavy (non-hydrogen) atoms. The van der Waals surface area contributed by atoms with Crippen LogP contribution in [-0.4, -0.2) is 44.1 Å². The monoisotopic (exact) mass is 316 g/mol. The van der Waals surface area contributed by atoms with Crippen molar-refractivity contribution in [3.8, 4) is 0 Å². The highest BCUT2D eigenvalue weighted by Crippen LogP contribution is 2.18. The molecule has 0 radical (unpaired) electrons. The number of piperidine rings is 1. The molecule has 0 spiro atoms. The SMILES string of the molecule is O=S(=O)(NCCc1ccccc1F)N1CCC(CO)CC1. The Labute approximate surface area is 125 Å². The standard InChI is InChI=1S/C14H21FN2O3S/c15-14-4-2-1-3-13(14)5-8-16-21(19,20)17-9-6-12(11-18)7-10-17/h1-4,12,16,18H,5-11H2. The van der Waals surface area contributed by atoms with E-state index in [9.17, 15) is 12.8 Å². The van der Waals surface area contributed by atoms with Gasteiger partial charge in [0.05, 0.1) is 0 Å². The van der Waals surface area contributed by atoms with Gasteiger partial charge in [0.1, 0.15) is 5.82 Å². The number of nitrogens with zero attached hydrogens (tertiary/aromatic N) is 1. The molecule has 1 aliphatic heterocycles. The summed E-state index contributed by atoms with van der Waals surface area (Å²) in [7, 11) is -3.52. The maximum absolute atomic E-state index is 13.4. The highest BCUT2D eigenvalue weighted by molar-refractivity contribution is 7.87. The second-order valence-corrected chi connectivity index (χ2v) is 7.02. The molecule has 1 aliphatic rings. The van der Waals surface area contributed by atoms with Crippen LogP contribution in [0.3, 0.4) is 0 Å². The van der Waals surface area contributed by atoms with E-state index in [0.29, 0.717) is 37.9 Å². The summed E-state index contributed by atoms with van der Waals surface area (Å²) in [5.74, 6) is -0.129. The highest BCUT2D eigenvalue weighted by atomic mass is 32.2. The van der Waals surface area contributed by atoms with Gasteiger partial charge in [-0.3, -0.25) is 0 Å². The summed E-state index contributed by atoms with van der Waals surface area (Å²) in [6, 6.07) is 6.35. The van der Waals surface area contributed by atoms with Gasteiger partial charge in [0.25, 0.3) is 10.2 Å². The zero-order valence-electron chi connectivity index (χ0n) is 11.8.